The van der Waals surface area contributed by atoms with Crippen molar-refractivity contribution < 1.29 is 9.53 Å². The van der Waals surface area contributed by atoms with Crippen LogP contribution in [0.2, 0.25) is 0 Å². The fourth-order valence-corrected chi connectivity index (χ4v) is 2.15. The van der Waals surface area contributed by atoms with Crippen LogP contribution in [0.4, 0.5) is 0 Å². The van der Waals surface area contributed by atoms with Crippen molar-refractivity contribution in [2.75, 3.05) is 13.2 Å². The second-order valence-electron chi connectivity index (χ2n) is 5.54. The topological polar surface area (TPSA) is 82.2 Å². The Balaban J connectivity index is 0.00000400. The average molecular weight is 319 g/mol. The van der Waals surface area contributed by atoms with Crippen LogP contribution in [0, 0.1) is 19.8 Å². The Morgan fingerprint density at radius 2 is 2.05 bits per heavy atom. The van der Waals surface area contributed by atoms with Crippen molar-refractivity contribution in [1.29, 1.82) is 0 Å². The van der Waals surface area contributed by atoms with E-state index in [0.717, 1.165) is 17.8 Å². The van der Waals surface area contributed by atoms with Gasteiger partial charge in [-0.1, -0.05) is 13.8 Å². The van der Waals surface area contributed by atoms with Crippen LogP contribution >= 0.6 is 12.4 Å². The predicted octanol–water partition coefficient (Wildman–Crippen LogP) is 1.33. The molecule has 0 saturated carbocycles. The number of hydrogen-bond donors (Lipinski definition) is 2. The van der Waals surface area contributed by atoms with Crippen molar-refractivity contribution in [3.8, 4) is 5.75 Å². The maximum absolute atomic E-state index is 11.9. The van der Waals surface area contributed by atoms with E-state index in [1.54, 1.807) is 4.68 Å². The van der Waals surface area contributed by atoms with Crippen molar-refractivity contribution in [3.63, 3.8) is 0 Å². The molecule has 0 fully saturated rings. The minimum absolute atomic E-state index is 0. The molecule has 0 bridgehead atoms. The van der Waals surface area contributed by atoms with Gasteiger partial charge >= 0.3 is 0 Å². The first kappa shape index (κ1) is 19.7. The van der Waals surface area contributed by atoms with Crippen LogP contribution in [0.15, 0.2) is 0 Å². The smallest absolute Gasteiger partial charge is 0.258 e. The number of halogens is 1. The summed E-state index contributed by atoms with van der Waals surface area (Å²) in [5.74, 6) is 1.02. The average Bonchev–Trinajstić information content (AvgIpc) is 2.60. The summed E-state index contributed by atoms with van der Waals surface area (Å²) in [5.41, 5.74) is 7.36. The molecule has 0 spiro atoms. The molecule has 1 amide bonds. The first-order chi connectivity index (χ1) is 9.35. The highest BCUT2D eigenvalue weighted by molar-refractivity contribution is 5.85. The van der Waals surface area contributed by atoms with E-state index in [-0.39, 0.29) is 31.0 Å². The third-order valence-electron chi connectivity index (χ3n) is 3.20. The Kier molecular flexibility index (Phi) is 8.36. The minimum Gasteiger partial charge on any atom is -0.480 e. The minimum atomic E-state index is -0.149. The maximum atomic E-state index is 11.9. The Bertz CT molecular complexity index is 460. The molecule has 3 N–H and O–H groups in total. The Morgan fingerprint density at radius 1 is 1.43 bits per heavy atom. The molecule has 0 aliphatic rings. The SMILES string of the molecule is Cc1nn(C)c(C)c1OCC(=O)NC(CN)CC(C)C.Cl. The van der Waals surface area contributed by atoms with Gasteiger partial charge < -0.3 is 15.8 Å². The summed E-state index contributed by atoms with van der Waals surface area (Å²) in [7, 11) is 1.85. The molecule has 122 valence electrons. The van der Waals surface area contributed by atoms with Gasteiger partial charge in [-0.25, -0.2) is 0 Å². The number of nitrogens with zero attached hydrogens (tertiary/aromatic N) is 2. The van der Waals surface area contributed by atoms with E-state index < -0.39 is 0 Å². The van der Waals surface area contributed by atoms with Gasteiger partial charge in [0.25, 0.3) is 5.91 Å². The Labute approximate surface area is 132 Å². The summed E-state index contributed by atoms with van der Waals surface area (Å²) >= 11 is 0. The number of hydrogen-bond acceptors (Lipinski definition) is 4. The quantitative estimate of drug-likeness (QED) is 0.794. The molecule has 1 atom stereocenters. The molecule has 6 nitrogen and oxygen atoms in total. The van der Waals surface area contributed by atoms with E-state index in [9.17, 15) is 4.79 Å². The highest BCUT2D eigenvalue weighted by Gasteiger charge is 2.15. The summed E-state index contributed by atoms with van der Waals surface area (Å²) in [5, 5.41) is 7.14. The van der Waals surface area contributed by atoms with Crippen LogP contribution in [0.5, 0.6) is 5.75 Å². The molecule has 0 aliphatic heterocycles. The van der Waals surface area contributed by atoms with Gasteiger partial charge in [-0.05, 0) is 26.2 Å². The van der Waals surface area contributed by atoms with Crippen LogP contribution in [0.1, 0.15) is 31.7 Å². The number of carbonyl (C=O) groups excluding carboxylic acids is 1. The third kappa shape index (κ3) is 5.93. The molecule has 0 radical (unpaired) electrons. The van der Waals surface area contributed by atoms with Crippen molar-refractivity contribution in [2.45, 2.75) is 40.2 Å². The molecule has 21 heavy (non-hydrogen) atoms. The number of rotatable bonds is 7. The molecular weight excluding hydrogens is 292 g/mol. The highest BCUT2D eigenvalue weighted by Crippen LogP contribution is 2.21. The fourth-order valence-electron chi connectivity index (χ4n) is 2.15. The van der Waals surface area contributed by atoms with E-state index in [1.807, 2.05) is 20.9 Å². The van der Waals surface area contributed by atoms with E-state index >= 15 is 0 Å². The number of aryl methyl sites for hydroxylation is 2. The van der Waals surface area contributed by atoms with Gasteiger partial charge in [-0.2, -0.15) is 5.10 Å². The zero-order valence-electron chi connectivity index (χ0n) is 13.5. The normalized spacial score (nSPS) is 12.0. The fraction of sp³-hybridized carbons (Fsp3) is 0.714. The number of aromatic nitrogens is 2. The second kappa shape index (κ2) is 8.89. The molecule has 0 aromatic carbocycles. The Morgan fingerprint density at radius 3 is 2.48 bits per heavy atom. The molecule has 0 aliphatic carbocycles. The lowest BCUT2D eigenvalue weighted by Crippen LogP contribution is -2.43. The summed E-state index contributed by atoms with van der Waals surface area (Å²) in [6, 6.07) is 0.00203. The van der Waals surface area contributed by atoms with Crippen LogP contribution in [0.25, 0.3) is 0 Å². The summed E-state index contributed by atoms with van der Waals surface area (Å²) in [6.07, 6.45) is 0.868. The van der Waals surface area contributed by atoms with Gasteiger partial charge in [-0.15, -0.1) is 12.4 Å². The van der Waals surface area contributed by atoms with Gasteiger partial charge in [0.2, 0.25) is 0 Å². The summed E-state index contributed by atoms with van der Waals surface area (Å²) in [6.45, 7) is 8.41. The maximum Gasteiger partial charge on any atom is 0.258 e. The van der Waals surface area contributed by atoms with Crippen LogP contribution in [-0.2, 0) is 11.8 Å². The van der Waals surface area contributed by atoms with E-state index in [4.69, 9.17) is 10.5 Å². The van der Waals surface area contributed by atoms with Crippen molar-refractivity contribution in [3.05, 3.63) is 11.4 Å². The van der Waals surface area contributed by atoms with Crippen LogP contribution < -0.4 is 15.8 Å². The molecule has 1 rings (SSSR count). The van der Waals surface area contributed by atoms with E-state index in [0.29, 0.717) is 18.2 Å². The largest absolute Gasteiger partial charge is 0.480 e. The number of nitrogens with two attached hydrogens (primary N) is 1. The van der Waals surface area contributed by atoms with Gasteiger partial charge in [0.1, 0.15) is 5.69 Å². The van der Waals surface area contributed by atoms with Gasteiger partial charge in [0.15, 0.2) is 12.4 Å². The number of amides is 1. The van der Waals surface area contributed by atoms with Crippen molar-refractivity contribution in [2.24, 2.45) is 18.7 Å². The zero-order chi connectivity index (χ0) is 15.3. The van der Waals surface area contributed by atoms with Crippen molar-refractivity contribution >= 4 is 18.3 Å². The van der Waals surface area contributed by atoms with Gasteiger partial charge in [0, 0.05) is 19.6 Å². The van der Waals surface area contributed by atoms with Gasteiger partial charge in [-0.3, -0.25) is 9.48 Å². The lowest BCUT2D eigenvalue weighted by Gasteiger charge is -2.18. The standard InChI is InChI=1S/C14H26N4O2.ClH/c1-9(2)6-12(7-15)16-13(19)8-20-14-10(3)17-18(5)11(14)4;/h9,12H,6-8,15H2,1-5H3,(H,16,19);1H. The van der Waals surface area contributed by atoms with E-state index in [2.05, 4.69) is 24.3 Å². The Hall–Kier alpha value is -1.27. The first-order valence-electron chi connectivity index (χ1n) is 6.97. The van der Waals surface area contributed by atoms with Crippen LogP contribution in [-0.4, -0.2) is 34.9 Å². The monoisotopic (exact) mass is 318 g/mol. The highest BCUT2D eigenvalue weighted by atomic mass is 35.5. The lowest BCUT2D eigenvalue weighted by atomic mass is 10.0. The molecule has 1 aromatic heterocycles. The lowest BCUT2D eigenvalue weighted by molar-refractivity contribution is -0.123. The molecule has 7 heteroatoms. The second-order valence-corrected chi connectivity index (χ2v) is 5.54. The number of carbonyl (C=O) groups is 1. The first-order valence-corrected chi connectivity index (χ1v) is 6.97. The summed E-state index contributed by atoms with van der Waals surface area (Å²) in [4.78, 5) is 11.9. The van der Waals surface area contributed by atoms with Crippen molar-refractivity contribution in [1.82, 2.24) is 15.1 Å². The summed E-state index contributed by atoms with van der Waals surface area (Å²) < 4.78 is 7.30. The molecule has 0 saturated heterocycles. The molecule has 1 aromatic rings. The molecule has 1 heterocycles. The third-order valence-corrected chi connectivity index (χ3v) is 3.20. The molecule has 1 unspecified atom stereocenters. The predicted molar refractivity (Wildman–Crippen MR) is 85.9 cm³/mol. The van der Waals surface area contributed by atoms with E-state index in [1.165, 1.54) is 0 Å². The number of nitrogens with one attached hydrogen (secondary N) is 1. The van der Waals surface area contributed by atoms with Crippen LogP contribution in [0.3, 0.4) is 0 Å². The zero-order valence-corrected chi connectivity index (χ0v) is 14.3. The number of ether oxygens (including phenoxy) is 1. The van der Waals surface area contributed by atoms with Gasteiger partial charge in [0.05, 0.1) is 5.69 Å². The molecular formula is C14H27ClN4O2.